The number of hydrogen-bond donors (Lipinski definition) is 2. The highest BCUT2D eigenvalue weighted by molar-refractivity contribution is 5.85. The molecule has 3 aliphatic rings. The van der Waals surface area contributed by atoms with E-state index in [1.165, 1.54) is 0 Å². The highest BCUT2D eigenvalue weighted by Crippen LogP contribution is 2.36. The molecule has 2 aliphatic heterocycles. The standard InChI is InChI=1S/C18H28N6O2.2ClH/c19-14-9-13(10-14)15-11-16(22-18(20)21-15)23-3-1-12(2-4-23)17(25)24-5-7-26-8-6-24;;/h11-14H,1-10,19H2,(H2,20,21,22);2*1H. The third-order valence-electron chi connectivity index (χ3n) is 5.83. The Morgan fingerprint density at radius 2 is 1.71 bits per heavy atom. The van der Waals surface area contributed by atoms with Crippen LogP contribution in [0.5, 0.6) is 0 Å². The molecule has 0 spiro atoms. The van der Waals surface area contributed by atoms with Crippen molar-refractivity contribution in [2.24, 2.45) is 11.7 Å². The Kier molecular flexibility index (Phi) is 8.12. The molecule has 1 aliphatic carbocycles. The van der Waals surface area contributed by atoms with E-state index in [4.69, 9.17) is 16.2 Å². The fraction of sp³-hybridized carbons (Fsp3) is 0.722. The van der Waals surface area contributed by atoms with Crippen molar-refractivity contribution in [3.63, 3.8) is 0 Å². The third-order valence-corrected chi connectivity index (χ3v) is 5.83. The second-order valence-corrected chi connectivity index (χ2v) is 7.64. The summed E-state index contributed by atoms with van der Waals surface area (Å²) >= 11 is 0. The molecule has 0 radical (unpaired) electrons. The molecule has 8 nitrogen and oxygen atoms in total. The fourth-order valence-electron chi connectivity index (χ4n) is 4.14. The van der Waals surface area contributed by atoms with Crippen LogP contribution in [0.3, 0.4) is 0 Å². The van der Waals surface area contributed by atoms with Gasteiger partial charge in [-0.05, 0) is 25.7 Å². The minimum atomic E-state index is 0. The van der Waals surface area contributed by atoms with E-state index in [-0.39, 0.29) is 42.7 Å². The summed E-state index contributed by atoms with van der Waals surface area (Å²) in [4.78, 5) is 25.7. The van der Waals surface area contributed by atoms with E-state index in [0.717, 1.165) is 50.3 Å². The second kappa shape index (κ2) is 9.91. The van der Waals surface area contributed by atoms with Gasteiger partial charge in [-0.25, -0.2) is 4.98 Å². The topological polar surface area (TPSA) is 111 Å². The number of piperidine rings is 1. The molecule has 28 heavy (non-hydrogen) atoms. The molecule has 1 aromatic rings. The first-order valence-corrected chi connectivity index (χ1v) is 9.61. The number of halogens is 2. The number of nitrogens with zero attached hydrogens (tertiary/aromatic N) is 4. The molecular formula is C18H30Cl2N6O2. The second-order valence-electron chi connectivity index (χ2n) is 7.64. The van der Waals surface area contributed by atoms with E-state index >= 15 is 0 Å². The maximum absolute atomic E-state index is 12.7. The first-order valence-electron chi connectivity index (χ1n) is 9.61. The summed E-state index contributed by atoms with van der Waals surface area (Å²) in [5, 5.41) is 0. The normalized spacial score (nSPS) is 25.3. The molecule has 0 atom stereocenters. The lowest BCUT2D eigenvalue weighted by Crippen LogP contribution is -2.47. The van der Waals surface area contributed by atoms with Crippen LogP contribution in [-0.4, -0.2) is 66.2 Å². The summed E-state index contributed by atoms with van der Waals surface area (Å²) in [5.41, 5.74) is 12.8. The fourth-order valence-corrected chi connectivity index (χ4v) is 4.14. The van der Waals surface area contributed by atoms with Gasteiger partial charge < -0.3 is 26.0 Å². The molecule has 0 bridgehead atoms. The summed E-state index contributed by atoms with van der Waals surface area (Å²) < 4.78 is 5.34. The Hall–Kier alpha value is -1.35. The van der Waals surface area contributed by atoms with Crippen LogP contribution in [0, 0.1) is 5.92 Å². The lowest BCUT2D eigenvalue weighted by molar-refractivity contribution is -0.140. The van der Waals surface area contributed by atoms with Crippen molar-refractivity contribution < 1.29 is 9.53 Å². The van der Waals surface area contributed by atoms with E-state index in [2.05, 4.69) is 20.9 Å². The Morgan fingerprint density at radius 3 is 2.32 bits per heavy atom. The number of rotatable bonds is 3. The predicted molar refractivity (Wildman–Crippen MR) is 113 cm³/mol. The number of carbonyl (C=O) groups is 1. The van der Waals surface area contributed by atoms with Crippen LogP contribution < -0.4 is 16.4 Å². The van der Waals surface area contributed by atoms with Crippen molar-refractivity contribution in [1.82, 2.24) is 14.9 Å². The predicted octanol–water partition coefficient (Wildman–Crippen LogP) is 1.18. The monoisotopic (exact) mass is 432 g/mol. The minimum absolute atomic E-state index is 0. The first kappa shape index (κ1) is 22.9. The summed E-state index contributed by atoms with van der Waals surface area (Å²) in [6, 6.07) is 2.33. The van der Waals surface area contributed by atoms with Crippen LogP contribution in [0.15, 0.2) is 6.07 Å². The molecule has 2 saturated heterocycles. The molecule has 158 valence electrons. The van der Waals surface area contributed by atoms with Crippen molar-refractivity contribution in [1.29, 1.82) is 0 Å². The van der Waals surface area contributed by atoms with Crippen molar-refractivity contribution in [3.8, 4) is 0 Å². The van der Waals surface area contributed by atoms with Gasteiger partial charge in [-0.2, -0.15) is 4.98 Å². The average molecular weight is 433 g/mol. The van der Waals surface area contributed by atoms with E-state index < -0.39 is 0 Å². The smallest absolute Gasteiger partial charge is 0.225 e. The van der Waals surface area contributed by atoms with Crippen molar-refractivity contribution >= 4 is 42.5 Å². The zero-order valence-electron chi connectivity index (χ0n) is 16.0. The summed E-state index contributed by atoms with van der Waals surface area (Å²) in [6.45, 7) is 4.38. The zero-order chi connectivity index (χ0) is 18.1. The minimum Gasteiger partial charge on any atom is -0.378 e. The number of amides is 1. The summed E-state index contributed by atoms with van der Waals surface area (Å²) in [7, 11) is 0. The van der Waals surface area contributed by atoms with Crippen LogP contribution in [-0.2, 0) is 9.53 Å². The van der Waals surface area contributed by atoms with Gasteiger partial charge in [-0.1, -0.05) is 0 Å². The van der Waals surface area contributed by atoms with Crippen molar-refractivity contribution in [3.05, 3.63) is 11.8 Å². The molecule has 3 heterocycles. The average Bonchev–Trinajstić information content (AvgIpc) is 2.65. The van der Waals surface area contributed by atoms with E-state index in [1.807, 2.05) is 4.90 Å². The van der Waals surface area contributed by atoms with Gasteiger partial charge in [0.05, 0.1) is 18.9 Å². The Bertz CT molecular complexity index is 659. The van der Waals surface area contributed by atoms with Gasteiger partial charge in [-0.3, -0.25) is 4.79 Å². The number of ether oxygens (including phenoxy) is 1. The SMILES string of the molecule is Cl.Cl.Nc1nc(C2CC(N)C2)cc(N2CCC(C(=O)N3CCOCC3)CC2)n1. The number of anilines is 2. The van der Waals surface area contributed by atoms with Crippen molar-refractivity contribution in [2.45, 2.75) is 37.6 Å². The molecule has 4 N–H and O–H groups in total. The van der Waals surface area contributed by atoms with Gasteiger partial charge in [0.2, 0.25) is 11.9 Å². The molecule has 1 aromatic heterocycles. The molecule has 3 fully saturated rings. The van der Waals surface area contributed by atoms with Crippen LogP contribution in [0.1, 0.15) is 37.3 Å². The van der Waals surface area contributed by atoms with Crippen LogP contribution in [0.25, 0.3) is 0 Å². The number of nitrogens with two attached hydrogens (primary N) is 2. The van der Waals surface area contributed by atoms with Gasteiger partial charge in [-0.15, -0.1) is 24.8 Å². The molecule has 10 heteroatoms. The van der Waals surface area contributed by atoms with E-state index in [0.29, 0.717) is 38.2 Å². The number of nitrogen functional groups attached to an aromatic ring is 1. The van der Waals surface area contributed by atoms with Gasteiger partial charge in [0.25, 0.3) is 0 Å². The molecular weight excluding hydrogens is 403 g/mol. The van der Waals surface area contributed by atoms with Crippen LogP contribution >= 0.6 is 24.8 Å². The van der Waals surface area contributed by atoms with Gasteiger partial charge in [0, 0.05) is 50.1 Å². The molecule has 0 unspecified atom stereocenters. The maximum atomic E-state index is 12.7. The Morgan fingerprint density at radius 1 is 1.07 bits per heavy atom. The number of hydrogen-bond acceptors (Lipinski definition) is 7. The molecule has 1 amide bonds. The van der Waals surface area contributed by atoms with Gasteiger partial charge >= 0.3 is 0 Å². The van der Waals surface area contributed by atoms with Crippen molar-refractivity contribution in [2.75, 3.05) is 50.0 Å². The van der Waals surface area contributed by atoms with Crippen LogP contribution in [0.2, 0.25) is 0 Å². The van der Waals surface area contributed by atoms with E-state index in [9.17, 15) is 4.79 Å². The number of morpholine rings is 1. The largest absolute Gasteiger partial charge is 0.378 e. The Labute approximate surface area is 178 Å². The highest BCUT2D eigenvalue weighted by Gasteiger charge is 2.32. The third kappa shape index (κ3) is 4.97. The Balaban J connectivity index is 0.00000140. The lowest BCUT2D eigenvalue weighted by atomic mass is 9.78. The van der Waals surface area contributed by atoms with Gasteiger partial charge in [0.1, 0.15) is 5.82 Å². The number of aromatic nitrogens is 2. The van der Waals surface area contributed by atoms with Gasteiger partial charge in [0.15, 0.2) is 0 Å². The summed E-state index contributed by atoms with van der Waals surface area (Å²) in [5.74, 6) is 1.98. The zero-order valence-corrected chi connectivity index (χ0v) is 17.6. The van der Waals surface area contributed by atoms with E-state index in [1.54, 1.807) is 0 Å². The molecule has 1 saturated carbocycles. The summed E-state index contributed by atoms with van der Waals surface area (Å²) in [6.07, 6.45) is 3.63. The quantitative estimate of drug-likeness (QED) is 0.737. The molecule has 4 rings (SSSR count). The molecule has 0 aromatic carbocycles. The highest BCUT2D eigenvalue weighted by atomic mass is 35.5. The maximum Gasteiger partial charge on any atom is 0.225 e. The van der Waals surface area contributed by atoms with Crippen LogP contribution in [0.4, 0.5) is 11.8 Å². The first-order chi connectivity index (χ1) is 12.6. The lowest BCUT2D eigenvalue weighted by Gasteiger charge is -2.36. The number of carbonyl (C=O) groups excluding carboxylic acids is 1.